The Balaban J connectivity index is 2.98. The molecule has 4 nitrogen and oxygen atoms in total. The fourth-order valence-electron chi connectivity index (χ4n) is 1.48. The Kier molecular flexibility index (Phi) is 4.98. The highest BCUT2D eigenvalue weighted by Gasteiger charge is 2.23. The quantitative estimate of drug-likeness (QED) is 0.844. The zero-order valence-corrected chi connectivity index (χ0v) is 13.1. The van der Waals surface area contributed by atoms with Crippen LogP contribution in [0.2, 0.25) is 0 Å². The summed E-state index contributed by atoms with van der Waals surface area (Å²) in [6, 6.07) is 6.96. The summed E-state index contributed by atoms with van der Waals surface area (Å²) in [5.74, 6) is 0.507. The molecule has 1 aromatic rings. The highest BCUT2D eigenvalue weighted by atomic mass is 32.2. The van der Waals surface area contributed by atoms with Crippen LogP contribution in [0.1, 0.15) is 27.7 Å². The third kappa shape index (κ3) is 3.94. The van der Waals surface area contributed by atoms with Crippen molar-refractivity contribution in [3.63, 3.8) is 0 Å². The van der Waals surface area contributed by atoms with Crippen LogP contribution in [-0.2, 0) is 10.0 Å². The Labute approximate surface area is 116 Å². The third-order valence-corrected chi connectivity index (χ3v) is 5.22. The van der Waals surface area contributed by atoms with Crippen molar-refractivity contribution in [1.82, 2.24) is 4.72 Å². The first-order chi connectivity index (χ1) is 8.70. The van der Waals surface area contributed by atoms with Crippen LogP contribution in [0, 0.1) is 11.3 Å². The molecule has 0 fully saturated rings. The molecule has 0 radical (unpaired) electrons. The van der Waals surface area contributed by atoms with Gasteiger partial charge in [0.05, 0.1) is 5.69 Å². The maximum Gasteiger partial charge on any atom is 0.242 e. The van der Waals surface area contributed by atoms with Gasteiger partial charge in [-0.2, -0.15) is 0 Å². The molecule has 0 saturated heterocycles. The summed E-state index contributed by atoms with van der Waals surface area (Å²) in [6.45, 7) is 9.39. The first-order valence-electron chi connectivity index (χ1n) is 6.47. The van der Waals surface area contributed by atoms with Gasteiger partial charge in [-0.25, -0.2) is 13.1 Å². The lowest BCUT2D eigenvalue weighted by atomic mass is 9.81. The van der Waals surface area contributed by atoms with Gasteiger partial charge in [0.1, 0.15) is 4.90 Å². The van der Waals surface area contributed by atoms with Gasteiger partial charge in [-0.3, -0.25) is 0 Å². The van der Waals surface area contributed by atoms with E-state index in [0.29, 0.717) is 11.6 Å². The molecule has 0 bridgehead atoms. The average Bonchev–Trinajstić information content (AvgIpc) is 2.36. The number of rotatable bonds is 6. The van der Waals surface area contributed by atoms with Crippen molar-refractivity contribution >= 4 is 15.7 Å². The van der Waals surface area contributed by atoms with Gasteiger partial charge in [0, 0.05) is 6.54 Å². The molecule has 1 rings (SSSR count). The molecule has 0 aliphatic carbocycles. The number of benzene rings is 1. The largest absolute Gasteiger partial charge is 0.383 e. The zero-order chi connectivity index (χ0) is 14.7. The molecule has 1 aromatic carbocycles. The molecule has 0 amide bonds. The maximum atomic E-state index is 11.9. The Morgan fingerprint density at radius 2 is 1.79 bits per heavy atom. The summed E-state index contributed by atoms with van der Waals surface area (Å²) in [6.07, 6.45) is 0. The fourth-order valence-corrected chi connectivity index (χ4v) is 2.39. The standard InChI is InChI=1S/C14H24N2O2S/c1-11(2)14(3,4)10-16-12-8-6-7-9-13(12)19(17,18)15-5/h6-9,11,15-16H,10H2,1-5H3. The molecule has 0 aliphatic rings. The van der Waals surface area contributed by atoms with Crippen LogP contribution in [0.5, 0.6) is 0 Å². The van der Waals surface area contributed by atoms with Crippen LogP contribution < -0.4 is 10.0 Å². The Bertz CT molecular complexity index is 522. The van der Waals surface area contributed by atoms with E-state index >= 15 is 0 Å². The number of para-hydroxylation sites is 1. The molecule has 0 aromatic heterocycles. The van der Waals surface area contributed by atoms with Gasteiger partial charge in [-0.1, -0.05) is 39.8 Å². The van der Waals surface area contributed by atoms with Crippen LogP contribution in [-0.4, -0.2) is 22.0 Å². The van der Waals surface area contributed by atoms with Crippen molar-refractivity contribution in [2.24, 2.45) is 11.3 Å². The van der Waals surface area contributed by atoms with Gasteiger partial charge in [0.25, 0.3) is 0 Å². The van der Waals surface area contributed by atoms with E-state index in [-0.39, 0.29) is 10.3 Å². The third-order valence-electron chi connectivity index (χ3n) is 3.74. The van der Waals surface area contributed by atoms with Gasteiger partial charge in [0.15, 0.2) is 0 Å². The van der Waals surface area contributed by atoms with E-state index in [2.05, 4.69) is 37.7 Å². The van der Waals surface area contributed by atoms with E-state index in [1.165, 1.54) is 7.05 Å². The fraction of sp³-hybridized carbons (Fsp3) is 0.571. The predicted octanol–water partition coefficient (Wildman–Crippen LogP) is 2.69. The summed E-state index contributed by atoms with van der Waals surface area (Å²) >= 11 is 0. The van der Waals surface area contributed by atoms with Crippen molar-refractivity contribution in [2.45, 2.75) is 32.6 Å². The summed E-state index contributed by atoms with van der Waals surface area (Å²) in [5.41, 5.74) is 0.738. The molecular formula is C14H24N2O2S. The van der Waals surface area contributed by atoms with Gasteiger partial charge in [-0.15, -0.1) is 0 Å². The van der Waals surface area contributed by atoms with Crippen molar-refractivity contribution in [3.8, 4) is 0 Å². The molecule has 0 spiro atoms. The lowest BCUT2D eigenvalue weighted by molar-refractivity contribution is 0.269. The lowest BCUT2D eigenvalue weighted by Crippen LogP contribution is -2.29. The van der Waals surface area contributed by atoms with E-state index in [4.69, 9.17) is 0 Å². The Hall–Kier alpha value is -1.07. The normalized spacial score (nSPS) is 12.7. The molecule has 0 aliphatic heterocycles. The van der Waals surface area contributed by atoms with E-state index in [0.717, 1.165) is 6.54 Å². The first-order valence-corrected chi connectivity index (χ1v) is 7.95. The van der Waals surface area contributed by atoms with Gasteiger partial charge in [0.2, 0.25) is 10.0 Å². The number of hydrogen-bond acceptors (Lipinski definition) is 3. The minimum Gasteiger partial charge on any atom is -0.383 e. The molecule has 19 heavy (non-hydrogen) atoms. The smallest absolute Gasteiger partial charge is 0.242 e. The zero-order valence-electron chi connectivity index (χ0n) is 12.3. The topological polar surface area (TPSA) is 58.2 Å². The van der Waals surface area contributed by atoms with Crippen molar-refractivity contribution in [1.29, 1.82) is 0 Å². The summed E-state index contributed by atoms with van der Waals surface area (Å²) in [4.78, 5) is 0.289. The second-order valence-corrected chi connectivity index (χ2v) is 7.56. The second-order valence-electron chi connectivity index (χ2n) is 5.70. The van der Waals surface area contributed by atoms with Crippen LogP contribution in [0.4, 0.5) is 5.69 Å². The van der Waals surface area contributed by atoms with Gasteiger partial charge < -0.3 is 5.32 Å². The van der Waals surface area contributed by atoms with E-state index in [1.54, 1.807) is 18.2 Å². The highest BCUT2D eigenvalue weighted by Crippen LogP contribution is 2.28. The number of hydrogen-bond donors (Lipinski definition) is 2. The number of nitrogens with one attached hydrogen (secondary N) is 2. The Morgan fingerprint density at radius 3 is 2.32 bits per heavy atom. The first kappa shape index (κ1) is 16.0. The molecule has 5 heteroatoms. The highest BCUT2D eigenvalue weighted by molar-refractivity contribution is 7.89. The predicted molar refractivity (Wildman–Crippen MR) is 79.8 cm³/mol. The van der Waals surface area contributed by atoms with Crippen LogP contribution in [0.3, 0.4) is 0 Å². The van der Waals surface area contributed by atoms with E-state index < -0.39 is 10.0 Å². The van der Waals surface area contributed by atoms with Crippen molar-refractivity contribution < 1.29 is 8.42 Å². The van der Waals surface area contributed by atoms with Crippen LogP contribution in [0.25, 0.3) is 0 Å². The monoisotopic (exact) mass is 284 g/mol. The summed E-state index contributed by atoms with van der Waals surface area (Å²) in [5, 5.41) is 3.26. The lowest BCUT2D eigenvalue weighted by Gasteiger charge is -2.30. The molecular weight excluding hydrogens is 260 g/mol. The Morgan fingerprint density at radius 1 is 1.21 bits per heavy atom. The second kappa shape index (κ2) is 5.92. The molecule has 0 unspecified atom stereocenters. The molecule has 0 saturated carbocycles. The maximum absolute atomic E-state index is 11.9. The van der Waals surface area contributed by atoms with Crippen molar-refractivity contribution in [3.05, 3.63) is 24.3 Å². The number of anilines is 1. The van der Waals surface area contributed by atoms with Crippen LogP contribution >= 0.6 is 0 Å². The van der Waals surface area contributed by atoms with E-state index in [9.17, 15) is 8.42 Å². The van der Waals surface area contributed by atoms with Crippen LogP contribution in [0.15, 0.2) is 29.2 Å². The average molecular weight is 284 g/mol. The van der Waals surface area contributed by atoms with Crippen molar-refractivity contribution in [2.75, 3.05) is 18.9 Å². The summed E-state index contributed by atoms with van der Waals surface area (Å²) < 4.78 is 26.2. The molecule has 0 heterocycles. The van der Waals surface area contributed by atoms with E-state index in [1.807, 2.05) is 6.07 Å². The minimum atomic E-state index is -3.43. The van der Waals surface area contributed by atoms with Gasteiger partial charge >= 0.3 is 0 Å². The summed E-state index contributed by atoms with van der Waals surface area (Å²) in [7, 11) is -2.01. The molecule has 108 valence electrons. The number of sulfonamides is 1. The molecule has 0 atom stereocenters. The SMILES string of the molecule is CNS(=O)(=O)c1ccccc1NCC(C)(C)C(C)C. The van der Waals surface area contributed by atoms with Gasteiger partial charge in [-0.05, 0) is 30.5 Å². The minimum absolute atomic E-state index is 0.0938. The molecule has 2 N–H and O–H groups in total.